The van der Waals surface area contributed by atoms with E-state index in [4.69, 9.17) is 16.2 Å². The van der Waals surface area contributed by atoms with Gasteiger partial charge >= 0.3 is 0 Å². The minimum atomic E-state index is 0.619. The van der Waals surface area contributed by atoms with Gasteiger partial charge in [-0.15, -0.1) is 0 Å². The Labute approximate surface area is 119 Å². The maximum Gasteiger partial charge on any atom is 0.142 e. The minimum absolute atomic E-state index is 0.619. The second kappa shape index (κ2) is 6.70. The Morgan fingerprint density at radius 3 is 2.60 bits per heavy atom. The number of nitrogens with one attached hydrogen (secondary N) is 1. The number of anilines is 4. The number of para-hydroxylation sites is 2. The molecule has 0 spiro atoms. The van der Waals surface area contributed by atoms with Crippen molar-refractivity contribution >= 4 is 22.7 Å². The van der Waals surface area contributed by atoms with Crippen LogP contribution in [0, 0.1) is 0 Å². The molecule has 106 valence electrons. The standard InChI is InChI=1S/C16H21N3O/c1-2-3-10-20-16-7-5-4-6-15(16)19-14-9-8-12(17)11-13(14)18/h4-9,11,19H,2-3,10,17-18H2,1H3. The van der Waals surface area contributed by atoms with Gasteiger partial charge in [-0.1, -0.05) is 25.5 Å². The Morgan fingerprint density at radius 2 is 1.85 bits per heavy atom. The summed E-state index contributed by atoms with van der Waals surface area (Å²) in [6, 6.07) is 13.3. The van der Waals surface area contributed by atoms with Gasteiger partial charge in [0.15, 0.2) is 0 Å². The van der Waals surface area contributed by atoms with E-state index >= 15 is 0 Å². The van der Waals surface area contributed by atoms with Gasteiger partial charge in [0.25, 0.3) is 0 Å². The van der Waals surface area contributed by atoms with Crippen LogP contribution < -0.4 is 21.5 Å². The Morgan fingerprint density at radius 1 is 1.05 bits per heavy atom. The van der Waals surface area contributed by atoms with Crippen LogP contribution in [0.5, 0.6) is 5.75 Å². The predicted octanol–water partition coefficient (Wildman–Crippen LogP) is 3.77. The summed E-state index contributed by atoms with van der Waals surface area (Å²) in [6.07, 6.45) is 2.15. The molecule has 4 heteroatoms. The van der Waals surface area contributed by atoms with Crippen LogP contribution in [0.1, 0.15) is 19.8 Å². The summed E-state index contributed by atoms with van der Waals surface area (Å²) in [7, 11) is 0. The fraction of sp³-hybridized carbons (Fsp3) is 0.250. The van der Waals surface area contributed by atoms with Gasteiger partial charge in [-0.25, -0.2) is 0 Å². The molecule has 2 rings (SSSR count). The molecule has 4 nitrogen and oxygen atoms in total. The molecule has 0 bridgehead atoms. The highest BCUT2D eigenvalue weighted by Gasteiger charge is 2.05. The normalized spacial score (nSPS) is 10.2. The molecule has 0 fully saturated rings. The summed E-state index contributed by atoms with van der Waals surface area (Å²) in [4.78, 5) is 0. The fourth-order valence-corrected chi connectivity index (χ4v) is 1.86. The molecule has 2 aromatic carbocycles. The highest BCUT2D eigenvalue weighted by atomic mass is 16.5. The highest BCUT2D eigenvalue weighted by Crippen LogP contribution is 2.30. The first kappa shape index (κ1) is 14.1. The number of nitrogen functional groups attached to an aromatic ring is 2. The van der Waals surface area contributed by atoms with E-state index in [1.807, 2.05) is 36.4 Å². The Kier molecular flexibility index (Phi) is 4.71. The largest absolute Gasteiger partial charge is 0.491 e. The van der Waals surface area contributed by atoms with Crippen LogP contribution in [0.25, 0.3) is 0 Å². The summed E-state index contributed by atoms with van der Waals surface area (Å²) in [5.41, 5.74) is 14.7. The number of unbranched alkanes of at least 4 members (excludes halogenated alkanes) is 1. The molecule has 0 radical (unpaired) electrons. The Balaban J connectivity index is 2.16. The van der Waals surface area contributed by atoms with E-state index in [1.165, 1.54) is 0 Å². The van der Waals surface area contributed by atoms with Gasteiger partial charge in [-0.05, 0) is 36.8 Å². The molecule has 0 heterocycles. The van der Waals surface area contributed by atoms with Crippen molar-refractivity contribution in [2.75, 3.05) is 23.4 Å². The Hall–Kier alpha value is -2.36. The van der Waals surface area contributed by atoms with Crippen LogP contribution in [0.15, 0.2) is 42.5 Å². The smallest absolute Gasteiger partial charge is 0.142 e. The van der Waals surface area contributed by atoms with E-state index in [-0.39, 0.29) is 0 Å². The first-order valence-corrected chi connectivity index (χ1v) is 6.84. The van der Waals surface area contributed by atoms with E-state index in [9.17, 15) is 0 Å². The van der Waals surface area contributed by atoms with Gasteiger partial charge in [0.05, 0.1) is 23.7 Å². The van der Waals surface area contributed by atoms with Crippen molar-refractivity contribution in [1.82, 2.24) is 0 Å². The van der Waals surface area contributed by atoms with Crippen LogP contribution in [-0.4, -0.2) is 6.61 Å². The predicted molar refractivity (Wildman–Crippen MR) is 85.4 cm³/mol. The van der Waals surface area contributed by atoms with Crippen molar-refractivity contribution in [3.05, 3.63) is 42.5 Å². The SMILES string of the molecule is CCCCOc1ccccc1Nc1ccc(N)cc1N. The van der Waals surface area contributed by atoms with Crippen molar-refractivity contribution in [3.63, 3.8) is 0 Å². The van der Waals surface area contributed by atoms with Crippen molar-refractivity contribution in [1.29, 1.82) is 0 Å². The van der Waals surface area contributed by atoms with Gasteiger partial charge in [0, 0.05) is 5.69 Å². The average Bonchev–Trinajstić information content (AvgIpc) is 2.44. The number of ether oxygens (including phenoxy) is 1. The van der Waals surface area contributed by atoms with E-state index in [0.29, 0.717) is 18.0 Å². The van der Waals surface area contributed by atoms with Crippen molar-refractivity contribution < 1.29 is 4.74 Å². The molecule has 5 N–H and O–H groups in total. The van der Waals surface area contributed by atoms with Gasteiger partial charge < -0.3 is 21.5 Å². The number of nitrogens with two attached hydrogens (primary N) is 2. The zero-order valence-electron chi connectivity index (χ0n) is 11.7. The first-order chi connectivity index (χ1) is 9.70. The maximum absolute atomic E-state index is 5.96. The lowest BCUT2D eigenvalue weighted by Crippen LogP contribution is -2.02. The molecular formula is C16H21N3O. The number of rotatable bonds is 6. The zero-order valence-corrected chi connectivity index (χ0v) is 11.7. The third-order valence-electron chi connectivity index (χ3n) is 2.99. The van der Waals surface area contributed by atoms with Crippen LogP contribution >= 0.6 is 0 Å². The van der Waals surface area contributed by atoms with Gasteiger partial charge in [-0.2, -0.15) is 0 Å². The van der Waals surface area contributed by atoms with Gasteiger partial charge in [-0.3, -0.25) is 0 Å². The quantitative estimate of drug-likeness (QED) is 0.552. The molecular weight excluding hydrogens is 250 g/mol. The molecule has 20 heavy (non-hydrogen) atoms. The van der Waals surface area contributed by atoms with Crippen LogP contribution in [0.2, 0.25) is 0 Å². The highest BCUT2D eigenvalue weighted by molar-refractivity contribution is 5.77. The molecule has 0 atom stereocenters. The molecule has 0 aromatic heterocycles. The summed E-state index contributed by atoms with van der Waals surface area (Å²) in [5, 5.41) is 3.29. The number of benzene rings is 2. The van der Waals surface area contributed by atoms with E-state index < -0.39 is 0 Å². The van der Waals surface area contributed by atoms with Crippen LogP contribution in [0.3, 0.4) is 0 Å². The van der Waals surface area contributed by atoms with Crippen molar-refractivity contribution in [3.8, 4) is 5.75 Å². The molecule has 0 amide bonds. The number of hydrogen-bond donors (Lipinski definition) is 3. The molecule has 0 unspecified atom stereocenters. The third-order valence-corrected chi connectivity index (χ3v) is 2.99. The van der Waals surface area contributed by atoms with Gasteiger partial charge in [0.1, 0.15) is 5.75 Å². The molecule has 0 aliphatic carbocycles. The fourth-order valence-electron chi connectivity index (χ4n) is 1.86. The van der Waals surface area contributed by atoms with Gasteiger partial charge in [0.2, 0.25) is 0 Å². The van der Waals surface area contributed by atoms with Crippen molar-refractivity contribution in [2.45, 2.75) is 19.8 Å². The van der Waals surface area contributed by atoms with Crippen molar-refractivity contribution in [2.24, 2.45) is 0 Å². The summed E-state index contributed by atoms with van der Waals surface area (Å²) >= 11 is 0. The van der Waals surface area contributed by atoms with E-state index in [2.05, 4.69) is 12.2 Å². The Bertz CT molecular complexity index is 569. The second-order valence-electron chi connectivity index (χ2n) is 4.67. The number of hydrogen-bond acceptors (Lipinski definition) is 4. The van der Waals surface area contributed by atoms with Crippen LogP contribution in [-0.2, 0) is 0 Å². The van der Waals surface area contributed by atoms with E-state index in [1.54, 1.807) is 6.07 Å². The lowest BCUT2D eigenvalue weighted by molar-refractivity contribution is 0.311. The summed E-state index contributed by atoms with van der Waals surface area (Å²) < 4.78 is 5.79. The first-order valence-electron chi connectivity index (χ1n) is 6.84. The lowest BCUT2D eigenvalue weighted by atomic mass is 10.2. The van der Waals surface area contributed by atoms with Crippen LogP contribution in [0.4, 0.5) is 22.7 Å². The molecule has 2 aromatic rings. The molecule has 0 saturated carbocycles. The van der Waals surface area contributed by atoms with E-state index in [0.717, 1.165) is 30.0 Å². The minimum Gasteiger partial charge on any atom is -0.491 e. The monoisotopic (exact) mass is 271 g/mol. The summed E-state index contributed by atoms with van der Waals surface area (Å²) in [6.45, 7) is 2.86. The summed E-state index contributed by atoms with van der Waals surface area (Å²) in [5.74, 6) is 0.831. The molecule has 0 aliphatic heterocycles. The topological polar surface area (TPSA) is 73.3 Å². The molecule has 0 aliphatic rings. The lowest BCUT2D eigenvalue weighted by Gasteiger charge is -2.14. The molecule has 0 saturated heterocycles. The average molecular weight is 271 g/mol. The zero-order chi connectivity index (χ0) is 14.4. The second-order valence-corrected chi connectivity index (χ2v) is 4.67. The third kappa shape index (κ3) is 3.57. The maximum atomic E-state index is 5.96.